The molecule has 3 aromatic rings. The number of aryl methyl sites for hydroxylation is 1. The zero-order chi connectivity index (χ0) is 26.9. The van der Waals surface area contributed by atoms with Crippen LogP contribution in [0.25, 0.3) is 10.9 Å². The topological polar surface area (TPSA) is 89.3 Å². The number of halogens is 3. The smallest absolute Gasteiger partial charge is 0.378 e. The van der Waals surface area contributed by atoms with Crippen LogP contribution in [0.4, 0.5) is 19.0 Å². The number of hydrogen-bond donors (Lipinski definition) is 1. The van der Waals surface area contributed by atoms with Gasteiger partial charge in [-0.1, -0.05) is 12.1 Å². The standard InChI is InChI=1S/C26H32F3N5O3S/c1-33-24-10-7-19(14-20(24)15-31-33)18-5-8-22(9-6-18)37-17-21-16-34(25-4-2-3-12-30-25)13-11-23(21)32-38(35,36)26(27,28)29/h2-4,7,10,12,14-15,18,21-23,32H,5-6,8-9,11,13,16-17H2,1H3/t18?,21-,22?,23-/m0/s1. The van der Waals surface area contributed by atoms with Gasteiger partial charge in [-0.2, -0.15) is 18.3 Å². The van der Waals surface area contributed by atoms with Crippen molar-refractivity contribution in [1.29, 1.82) is 0 Å². The molecule has 3 heterocycles. The van der Waals surface area contributed by atoms with Crippen molar-refractivity contribution in [1.82, 2.24) is 19.5 Å². The number of piperidine rings is 1. The van der Waals surface area contributed by atoms with Gasteiger partial charge in [-0.3, -0.25) is 4.68 Å². The van der Waals surface area contributed by atoms with E-state index in [2.05, 4.69) is 28.3 Å². The molecule has 206 valence electrons. The number of pyridine rings is 1. The summed E-state index contributed by atoms with van der Waals surface area (Å²) >= 11 is 0. The van der Waals surface area contributed by atoms with Gasteiger partial charge in [0.15, 0.2) is 0 Å². The van der Waals surface area contributed by atoms with Gasteiger partial charge in [0.2, 0.25) is 0 Å². The first-order chi connectivity index (χ1) is 18.1. The molecule has 1 N–H and O–H groups in total. The predicted molar refractivity (Wildman–Crippen MR) is 138 cm³/mol. The molecule has 12 heteroatoms. The van der Waals surface area contributed by atoms with Crippen molar-refractivity contribution in [2.24, 2.45) is 13.0 Å². The molecule has 5 rings (SSSR count). The van der Waals surface area contributed by atoms with Crippen molar-refractivity contribution < 1.29 is 26.3 Å². The van der Waals surface area contributed by atoms with E-state index in [4.69, 9.17) is 4.74 Å². The molecule has 2 atom stereocenters. The molecule has 1 aliphatic carbocycles. The first-order valence-corrected chi connectivity index (χ1v) is 14.4. The van der Waals surface area contributed by atoms with Crippen LogP contribution in [0.15, 0.2) is 48.8 Å². The molecule has 0 unspecified atom stereocenters. The monoisotopic (exact) mass is 551 g/mol. The van der Waals surface area contributed by atoms with E-state index >= 15 is 0 Å². The maximum Gasteiger partial charge on any atom is 0.511 e. The number of benzene rings is 1. The van der Waals surface area contributed by atoms with Gasteiger partial charge in [-0.15, -0.1) is 0 Å². The Kier molecular flexibility index (Phi) is 7.65. The maximum atomic E-state index is 13.1. The molecule has 1 saturated heterocycles. The van der Waals surface area contributed by atoms with E-state index in [1.807, 2.05) is 39.7 Å². The number of anilines is 1. The summed E-state index contributed by atoms with van der Waals surface area (Å²) in [5.74, 6) is 0.675. The minimum absolute atomic E-state index is 0.0153. The van der Waals surface area contributed by atoms with Crippen LogP contribution in [-0.2, 0) is 21.8 Å². The minimum Gasteiger partial charge on any atom is -0.378 e. The predicted octanol–water partition coefficient (Wildman–Crippen LogP) is 4.35. The lowest BCUT2D eigenvalue weighted by Gasteiger charge is -2.40. The van der Waals surface area contributed by atoms with Crippen LogP contribution in [0, 0.1) is 5.92 Å². The van der Waals surface area contributed by atoms with Crippen LogP contribution in [0.5, 0.6) is 0 Å². The van der Waals surface area contributed by atoms with Crippen molar-refractivity contribution >= 4 is 26.7 Å². The molecule has 0 spiro atoms. The highest BCUT2D eigenvalue weighted by molar-refractivity contribution is 7.90. The number of fused-ring (bicyclic) bond motifs is 1. The van der Waals surface area contributed by atoms with E-state index in [-0.39, 0.29) is 19.1 Å². The van der Waals surface area contributed by atoms with E-state index < -0.39 is 27.5 Å². The van der Waals surface area contributed by atoms with E-state index in [1.54, 1.807) is 12.3 Å². The largest absolute Gasteiger partial charge is 0.511 e. The fourth-order valence-electron chi connectivity index (χ4n) is 5.63. The fourth-order valence-corrected chi connectivity index (χ4v) is 6.47. The minimum atomic E-state index is -5.45. The van der Waals surface area contributed by atoms with Crippen LogP contribution in [0.1, 0.15) is 43.6 Å². The zero-order valence-electron chi connectivity index (χ0n) is 21.1. The molecular weight excluding hydrogens is 519 g/mol. The molecule has 2 aromatic heterocycles. The van der Waals surface area contributed by atoms with Crippen molar-refractivity contribution in [2.75, 3.05) is 24.6 Å². The summed E-state index contributed by atoms with van der Waals surface area (Å²) in [4.78, 5) is 6.31. The van der Waals surface area contributed by atoms with Gasteiger partial charge in [0.05, 0.1) is 24.4 Å². The number of hydrogen-bond acceptors (Lipinski definition) is 6. The summed E-state index contributed by atoms with van der Waals surface area (Å²) in [7, 11) is -3.53. The molecule has 1 saturated carbocycles. The zero-order valence-corrected chi connectivity index (χ0v) is 22.0. The highest BCUT2D eigenvalue weighted by atomic mass is 32.2. The van der Waals surface area contributed by atoms with Gasteiger partial charge in [0.25, 0.3) is 0 Å². The Morgan fingerprint density at radius 3 is 2.61 bits per heavy atom. The number of alkyl halides is 3. The summed E-state index contributed by atoms with van der Waals surface area (Å²) in [5.41, 5.74) is -2.98. The number of nitrogens with zero attached hydrogens (tertiary/aromatic N) is 4. The van der Waals surface area contributed by atoms with Crippen LogP contribution in [0.3, 0.4) is 0 Å². The van der Waals surface area contributed by atoms with Crippen molar-refractivity contribution in [3.8, 4) is 0 Å². The van der Waals surface area contributed by atoms with Gasteiger partial charge in [-0.05, 0) is 67.9 Å². The second-order valence-electron chi connectivity index (χ2n) is 10.2. The molecule has 8 nitrogen and oxygen atoms in total. The van der Waals surface area contributed by atoms with Gasteiger partial charge in [0, 0.05) is 43.7 Å². The van der Waals surface area contributed by atoms with Gasteiger partial charge < -0.3 is 9.64 Å². The molecule has 1 aromatic carbocycles. The molecule has 0 amide bonds. The number of ether oxygens (including phenoxy) is 1. The third kappa shape index (κ3) is 5.81. The third-order valence-corrected chi connectivity index (χ3v) is 9.00. The van der Waals surface area contributed by atoms with Gasteiger partial charge in [0.1, 0.15) is 5.82 Å². The van der Waals surface area contributed by atoms with Crippen LogP contribution in [-0.4, -0.2) is 60.5 Å². The summed E-state index contributed by atoms with van der Waals surface area (Å²) in [6.45, 7) is 0.916. The van der Waals surface area contributed by atoms with E-state index in [1.165, 1.54) is 5.56 Å². The third-order valence-electron chi connectivity index (χ3n) is 7.78. The number of aromatic nitrogens is 3. The number of sulfonamides is 1. The highest BCUT2D eigenvalue weighted by Crippen LogP contribution is 2.36. The van der Waals surface area contributed by atoms with Gasteiger partial charge >= 0.3 is 15.5 Å². The first-order valence-electron chi connectivity index (χ1n) is 12.9. The summed E-state index contributed by atoms with van der Waals surface area (Å²) in [6.07, 6.45) is 7.31. The Labute approximate surface area is 220 Å². The average molecular weight is 552 g/mol. The Bertz CT molecular complexity index is 1340. The molecule has 38 heavy (non-hydrogen) atoms. The second-order valence-corrected chi connectivity index (χ2v) is 12.0. The fraction of sp³-hybridized carbons (Fsp3) is 0.538. The maximum absolute atomic E-state index is 13.1. The molecule has 2 aliphatic rings. The van der Waals surface area contributed by atoms with Crippen molar-refractivity contribution in [3.63, 3.8) is 0 Å². The van der Waals surface area contributed by atoms with E-state index in [0.717, 1.165) is 36.6 Å². The van der Waals surface area contributed by atoms with Crippen molar-refractivity contribution in [3.05, 3.63) is 54.4 Å². The summed E-state index contributed by atoms with van der Waals surface area (Å²) in [6, 6.07) is 11.0. The number of nitrogens with one attached hydrogen (secondary N) is 1. The molecule has 1 aliphatic heterocycles. The SMILES string of the molecule is Cn1ncc2cc(C3CCC(OC[C@@H]4CN(c5ccccn5)CC[C@@H]4NS(=O)(=O)C(F)(F)F)CC3)ccc21. The average Bonchev–Trinajstić information content (AvgIpc) is 3.28. The lowest BCUT2D eigenvalue weighted by Crippen LogP contribution is -2.54. The van der Waals surface area contributed by atoms with Crippen LogP contribution < -0.4 is 9.62 Å². The molecule has 0 bridgehead atoms. The molecular formula is C26H32F3N5O3S. The molecule has 2 fully saturated rings. The highest BCUT2D eigenvalue weighted by Gasteiger charge is 2.48. The molecule has 0 radical (unpaired) electrons. The second kappa shape index (κ2) is 10.8. The Morgan fingerprint density at radius 1 is 1.11 bits per heavy atom. The summed E-state index contributed by atoms with van der Waals surface area (Å²) < 4.78 is 73.0. The Hall–Kier alpha value is -2.70. The van der Waals surface area contributed by atoms with Crippen molar-refractivity contribution in [2.45, 2.75) is 55.7 Å². The quantitative estimate of drug-likeness (QED) is 0.470. The Morgan fingerprint density at radius 2 is 1.89 bits per heavy atom. The first kappa shape index (κ1) is 26.9. The van der Waals surface area contributed by atoms with Crippen LogP contribution >= 0.6 is 0 Å². The normalized spacial score (nSPS) is 25.1. The van der Waals surface area contributed by atoms with E-state index in [0.29, 0.717) is 24.8 Å². The van der Waals surface area contributed by atoms with Gasteiger partial charge in [-0.25, -0.2) is 18.1 Å². The lowest BCUT2D eigenvalue weighted by molar-refractivity contribution is -0.0460. The lowest BCUT2D eigenvalue weighted by atomic mass is 9.82. The van der Waals surface area contributed by atoms with Crippen LogP contribution in [0.2, 0.25) is 0 Å². The van der Waals surface area contributed by atoms with E-state index in [9.17, 15) is 21.6 Å². The summed E-state index contributed by atoms with van der Waals surface area (Å²) in [5, 5.41) is 5.43. The Balaban J connectivity index is 1.21. The number of rotatable bonds is 7.